The van der Waals surface area contributed by atoms with Crippen molar-refractivity contribution in [1.82, 2.24) is 14.6 Å². The van der Waals surface area contributed by atoms with Crippen LogP contribution in [0.1, 0.15) is 18.5 Å². The predicted molar refractivity (Wildman–Crippen MR) is 126 cm³/mol. The second kappa shape index (κ2) is 8.15. The maximum atomic E-state index is 9.88. The first-order valence-electron chi connectivity index (χ1n) is 10.3. The number of rotatable bonds is 4. The van der Waals surface area contributed by atoms with Crippen LogP contribution in [0.3, 0.4) is 0 Å². The Bertz CT molecular complexity index is 1240. The Morgan fingerprint density at radius 1 is 1.00 bits per heavy atom. The van der Waals surface area contributed by atoms with Gasteiger partial charge in [0.25, 0.3) is 0 Å². The van der Waals surface area contributed by atoms with Gasteiger partial charge >= 0.3 is 0 Å². The number of nitrogens with zero attached hydrogens (tertiary/aromatic N) is 4. The van der Waals surface area contributed by atoms with Crippen LogP contribution in [0.4, 0.5) is 5.82 Å². The molecule has 4 aromatic rings. The highest BCUT2D eigenvalue weighted by Crippen LogP contribution is 2.35. The van der Waals surface area contributed by atoms with Crippen molar-refractivity contribution in [1.29, 1.82) is 0 Å². The van der Waals surface area contributed by atoms with Gasteiger partial charge in [0.1, 0.15) is 5.82 Å². The van der Waals surface area contributed by atoms with Gasteiger partial charge in [0, 0.05) is 33.8 Å². The fourth-order valence-electron chi connectivity index (χ4n) is 4.37. The van der Waals surface area contributed by atoms with E-state index in [2.05, 4.69) is 11.0 Å². The van der Waals surface area contributed by atoms with Gasteiger partial charge in [-0.15, -0.1) is 0 Å². The normalized spacial score (nSPS) is 16.4. The first-order chi connectivity index (χ1) is 15.0. The smallest absolute Gasteiger partial charge is 0.166 e. The van der Waals surface area contributed by atoms with Gasteiger partial charge in [-0.25, -0.2) is 9.50 Å². The van der Waals surface area contributed by atoms with Crippen LogP contribution in [0.25, 0.3) is 28.0 Å². The summed E-state index contributed by atoms with van der Waals surface area (Å²) >= 11 is 12.2. The Morgan fingerprint density at radius 2 is 1.65 bits per heavy atom. The van der Waals surface area contributed by atoms with Crippen LogP contribution in [-0.2, 0) is 0 Å². The van der Waals surface area contributed by atoms with E-state index in [0.717, 1.165) is 58.9 Å². The van der Waals surface area contributed by atoms with Crippen molar-refractivity contribution < 1.29 is 5.11 Å². The molecule has 2 aromatic carbocycles. The molecule has 0 bridgehead atoms. The number of fused-ring (bicyclic) bond motifs is 1. The fraction of sp³-hybridized carbons (Fsp3) is 0.250. The number of hydrogen-bond donors (Lipinski definition) is 1. The molecule has 0 radical (unpaired) electrons. The Morgan fingerprint density at radius 3 is 2.29 bits per heavy atom. The van der Waals surface area contributed by atoms with Crippen LogP contribution in [0.2, 0.25) is 10.0 Å². The molecule has 1 N–H and O–H groups in total. The van der Waals surface area contributed by atoms with Gasteiger partial charge < -0.3 is 10.0 Å². The third-order valence-corrected chi connectivity index (χ3v) is 6.41. The molecule has 1 aliphatic heterocycles. The lowest BCUT2D eigenvalue weighted by atomic mass is 10.1. The molecule has 5 rings (SSSR count). The first-order valence-corrected chi connectivity index (χ1v) is 11.1. The Labute approximate surface area is 190 Å². The topological polar surface area (TPSA) is 53.7 Å². The zero-order valence-corrected chi connectivity index (χ0v) is 18.6. The van der Waals surface area contributed by atoms with Gasteiger partial charge in [-0.05, 0) is 49.6 Å². The highest BCUT2D eigenvalue weighted by Gasteiger charge is 2.27. The van der Waals surface area contributed by atoms with Crippen LogP contribution >= 0.6 is 23.2 Å². The molecule has 3 heterocycles. The third kappa shape index (κ3) is 3.67. The minimum atomic E-state index is 0.0796. The quantitative estimate of drug-likeness (QED) is 0.435. The largest absolute Gasteiger partial charge is 0.394 e. The average molecular weight is 453 g/mol. The number of anilines is 1. The second-order valence-electron chi connectivity index (χ2n) is 7.88. The highest BCUT2D eigenvalue weighted by atomic mass is 35.5. The molecule has 0 amide bonds. The highest BCUT2D eigenvalue weighted by molar-refractivity contribution is 6.30. The van der Waals surface area contributed by atoms with Crippen molar-refractivity contribution in [2.75, 3.05) is 18.1 Å². The van der Waals surface area contributed by atoms with Crippen LogP contribution < -0.4 is 4.90 Å². The van der Waals surface area contributed by atoms with Crippen molar-refractivity contribution in [3.8, 4) is 22.4 Å². The Kier molecular flexibility index (Phi) is 5.34. The Hall–Kier alpha value is -2.60. The molecule has 5 nitrogen and oxygen atoms in total. The van der Waals surface area contributed by atoms with Crippen molar-refractivity contribution in [2.24, 2.45) is 0 Å². The van der Waals surface area contributed by atoms with Crippen molar-refractivity contribution in [3.63, 3.8) is 0 Å². The summed E-state index contributed by atoms with van der Waals surface area (Å²) < 4.78 is 1.90. The first kappa shape index (κ1) is 20.3. The predicted octanol–water partition coefficient (Wildman–Crippen LogP) is 5.64. The van der Waals surface area contributed by atoms with E-state index >= 15 is 0 Å². The van der Waals surface area contributed by atoms with E-state index in [1.54, 1.807) is 0 Å². The molecule has 1 aliphatic rings. The summed E-state index contributed by atoms with van der Waals surface area (Å²) in [6, 6.07) is 17.6. The molecule has 0 spiro atoms. The molecule has 1 saturated heterocycles. The molecule has 1 atom stereocenters. The van der Waals surface area contributed by atoms with Crippen LogP contribution in [0, 0.1) is 6.92 Å². The summed E-state index contributed by atoms with van der Waals surface area (Å²) in [4.78, 5) is 7.24. The fourth-order valence-corrected chi connectivity index (χ4v) is 4.62. The average Bonchev–Trinajstić information content (AvgIpc) is 3.38. The monoisotopic (exact) mass is 452 g/mol. The zero-order valence-electron chi connectivity index (χ0n) is 17.1. The molecular weight excluding hydrogens is 431 g/mol. The lowest BCUT2D eigenvalue weighted by Gasteiger charge is -2.25. The summed E-state index contributed by atoms with van der Waals surface area (Å²) in [6.45, 7) is 2.99. The third-order valence-electron chi connectivity index (χ3n) is 5.91. The number of halogens is 2. The minimum Gasteiger partial charge on any atom is -0.394 e. The van der Waals surface area contributed by atoms with E-state index in [1.807, 2.05) is 60.0 Å². The van der Waals surface area contributed by atoms with E-state index < -0.39 is 0 Å². The van der Waals surface area contributed by atoms with E-state index in [0.29, 0.717) is 10.0 Å². The van der Waals surface area contributed by atoms with Gasteiger partial charge in [-0.2, -0.15) is 5.10 Å². The summed E-state index contributed by atoms with van der Waals surface area (Å²) in [7, 11) is 0. The van der Waals surface area contributed by atoms with E-state index in [-0.39, 0.29) is 12.6 Å². The molecule has 0 aliphatic carbocycles. The maximum Gasteiger partial charge on any atom is 0.166 e. The lowest BCUT2D eigenvalue weighted by Crippen LogP contribution is -2.32. The molecule has 158 valence electrons. The van der Waals surface area contributed by atoms with Gasteiger partial charge in [-0.1, -0.05) is 47.5 Å². The summed E-state index contributed by atoms with van der Waals surface area (Å²) in [5.74, 6) is 0.851. The van der Waals surface area contributed by atoms with Crippen LogP contribution in [0.5, 0.6) is 0 Å². The molecule has 2 aromatic heterocycles. The minimum absolute atomic E-state index is 0.0796. The Balaban J connectivity index is 1.77. The van der Waals surface area contributed by atoms with Gasteiger partial charge in [-0.3, -0.25) is 0 Å². The number of aliphatic hydroxyl groups is 1. The van der Waals surface area contributed by atoms with Gasteiger partial charge in [0.2, 0.25) is 0 Å². The number of benzene rings is 2. The zero-order chi connectivity index (χ0) is 21.5. The summed E-state index contributed by atoms with van der Waals surface area (Å²) in [5, 5.41) is 16.1. The van der Waals surface area contributed by atoms with Crippen molar-refractivity contribution in [3.05, 3.63) is 70.3 Å². The molecule has 1 fully saturated rings. The number of hydrogen-bond acceptors (Lipinski definition) is 4. The number of aryl methyl sites for hydroxylation is 1. The number of aromatic nitrogens is 3. The van der Waals surface area contributed by atoms with E-state index in [1.165, 1.54) is 0 Å². The summed E-state index contributed by atoms with van der Waals surface area (Å²) in [6.07, 6.45) is 2.00. The lowest BCUT2D eigenvalue weighted by molar-refractivity contribution is 0.266. The van der Waals surface area contributed by atoms with E-state index in [9.17, 15) is 5.11 Å². The van der Waals surface area contributed by atoms with Crippen molar-refractivity contribution >= 4 is 34.7 Å². The SMILES string of the molecule is Cc1nn2c(-c3ccc(Cl)cc3)cc(N3CCCC3CO)nc2c1-c1ccc(Cl)cc1. The van der Waals surface area contributed by atoms with Crippen molar-refractivity contribution in [2.45, 2.75) is 25.8 Å². The van der Waals surface area contributed by atoms with Gasteiger partial charge in [0.05, 0.1) is 24.0 Å². The molecular formula is C24H22Cl2N4O. The van der Waals surface area contributed by atoms with Crippen LogP contribution in [-0.4, -0.2) is 38.9 Å². The maximum absolute atomic E-state index is 9.88. The summed E-state index contributed by atoms with van der Waals surface area (Å²) in [5.41, 5.74) is 5.61. The molecule has 1 unspecified atom stereocenters. The second-order valence-corrected chi connectivity index (χ2v) is 8.75. The molecule has 0 saturated carbocycles. The molecule has 7 heteroatoms. The van der Waals surface area contributed by atoms with Gasteiger partial charge in [0.15, 0.2) is 5.65 Å². The standard InChI is InChI=1S/C24H22Cl2N4O/c1-15-23(17-6-10-19(26)11-7-17)24-27-22(29-12-2-3-20(29)14-31)13-21(30(24)28-15)16-4-8-18(25)9-5-16/h4-11,13,20,31H,2-3,12,14H2,1H3. The van der Waals surface area contributed by atoms with E-state index in [4.69, 9.17) is 33.3 Å². The number of aliphatic hydroxyl groups excluding tert-OH is 1. The van der Waals surface area contributed by atoms with Crippen LogP contribution in [0.15, 0.2) is 54.6 Å². The molecule has 31 heavy (non-hydrogen) atoms.